The molecule has 3 heteroatoms. The molecule has 1 aliphatic heterocycles. The lowest BCUT2D eigenvalue weighted by Crippen LogP contribution is -2.06. The lowest BCUT2D eigenvalue weighted by molar-refractivity contribution is 0.295. The van der Waals surface area contributed by atoms with Crippen LogP contribution in [0, 0.1) is 0 Å². The van der Waals surface area contributed by atoms with E-state index in [0.29, 0.717) is 18.6 Å². The fourth-order valence-corrected chi connectivity index (χ4v) is 3.85. The van der Waals surface area contributed by atoms with Gasteiger partial charge in [-0.2, -0.15) is 0 Å². The lowest BCUT2D eigenvalue weighted by atomic mass is 9.93. The van der Waals surface area contributed by atoms with E-state index in [9.17, 15) is 0 Å². The molecule has 4 rings (SSSR count). The molecule has 132 valence electrons. The summed E-state index contributed by atoms with van der Waals surface area (Å²) in [7, 11) is 1.70. The first-order chi connectivity index (χ1) is 12.3. The molecule has 0 amide bonds. The summed E-state index contributed by atoms with van der Waals surface area (Å²) in [6, 6.07) is 14.7. The van der Waals surface area contributed by atoms with Gasteiger partial charge in [0.15, 0.2) is 0 Å². The van der Waals surface area contributed by atoms with Crippen molar-refractivity contribution in [3.8, 4) is 11.5 Å². The maximum Gasteiger partial charge on any atom is 0.126 e. The minimum atomic E-state index is 0.373. The van der Waals surface area contributed by atoms with Crippen molar-refractivity contribution in [1.29, 1.82) is 0 Å². The van der Waals surface area contributed by atoms with E-state index in [1.54, 1.807) is 7.11 Å². The quantitative estimate of drug-likeness (QED) is 0.675. The zero-order chi connectivity index (χ0) is 17.1. The first-order valence-corrected chi connectivity index (χ1v) is 9.32. The predicted molar refractivity (Wildman–Crippen MR) is 98.4 cm³/mol. The van der Waals surface area contributed by atoms with Gasteiger partial charge in [0.1, 0.15) is 18.1 Å². The number of rotatable bonds is 7. The highest BCUT2D eigenvalue weighted by atomic mass is 16.6. The van der Waals surface area contributed by atoms with Gasteiger partial charge in [-0.3, -0.25) is 0 Å². The second-order valence-corrected chi connectivity index (χ2v) is 7.12. The molecule has 0 aromatic heterocycles. The molecule has 25 heavy (non-hydrogen) atoms. The molecule has 1 unspecified atom stereocenters. The first-order valence-electron chi connectivity index (χ1n) is 9.32. The van der Waals surface area contributed by atoms with Crippen molar-refractivity contribution >= 4 is 0 Å². The summed E-state index contributed by atoms with van der Waals surface area (Å²) in [5, 5.41) is 0. The summed E-state index contributed by atoms with van der Waals surface area (Å²) < 4.78 is 17.2. The summed E-state index contributed by atoms with van der Waals surface area (Å²) in [6.07, 6.45) is 6.54. The van der Waals surface area contributed by atoms with Gasteiger partial charge in [-0.1, -0.05) is 43.2 Å². The molecule has 1 saturated heterocycles. The molecule has 0 spiro atoms. The average Bonchev–Trinajstić information content (AvgIpc) is 3.30. The second kappa shape index (κ2) is 7.49. The Morgan fingerprint density at radius 3 is 2.64 bits per heavy atom. The minimum Gasteiger partial charge on any atom is -0.497 e. The molecule has 3 nitrogen and oxygen atoms in total. The molecular formula is C22H26O3. The minimum absolute atomic E-state index is 0.373. The summed E-state index contributed by atoms with van der Waals surface area (Å²) in [5.41, 5.74) is 3.81. The van der Waals surface area contributed by atoms with Gasteiger partial charge < -0.3 is 14.2 Å². The van der Waals surface area contributed by atoms with Crippen molar-refractivity contribution in [3.63, 3.8) is 0 Å². The highest BCUT2D eigenvalue weighted by Gasteiger charge is 2.27. The van der Waals surface area contributed by atoms with Crippen molar-refractivity contribution in [2.75, 3.05) is 13.7 Å². The molecule has 2 aromatic carbocycles. The molecule has 0 bridgehead atoms. The van der Waals surface area contributed by atoms with Gasteiger partial charge in [-0.15, -0.1) is 0 Å². The van der Waals surface area contributed by atoms with Crippen molar-refractivity contribution in [2.45, 2.75) is 50.7 Å². The van der Waals surface area contributed by atoms with Crippen LogP contribution in [0.15, 0.2) is 42.5 Å². The SMILES string of the molecule is COc1cccc(COc2c(CC3CO3)cccc2C2CCCC2)c1. The van der Waals surface area contributed by atoms with Gasteiger partial charge >= 0.3 is 0 Å². The van der Waals surface area contributed by atoms with Crippen LogP contribution in [0.4, 0.5) is 0 Å². The summed E-state index contributed by atoms with van der Waals surface area (Å²) >= 11 is 0. The number of benzene rings is 2. The van der Waals surface area contributed by atoms with Crippen LogP contribution in [-0.2, 0) is 17.8 Å². The highest BCUT2D eigenvalue weighted by Crippen LogP contribution is 2.41. The molecule has 2 aromatic rings. The van der Waals surface area contributed by atoms with Crippen LogP contribution < -0.4 is 9.47 Å². The summed E-state index contributed by atoms with van der Waals surface area (Å²) in [6.45, 7) is 1.45. The third-order valence-corrected chi connectivity index (χ3v) is 5.29. The van der Waals surface area contributed by atoms with Gasteiger partial charge in [0.05, 0.1) is 19.8 Å². The van der Waals surface area contributed by atoms with Crippen molar-refractivity contribution in [1.82, 2.24) is 0 Å². The Morgan fingerprint density at radius 2 is 1.88 bits per heavy atom. The number of para-hydroxylation sites is 1. The molecule has 1 aliphatic carbocycles. The molecule has 0 radical (unpaired) electrons. The highest BCUT2D eigenvalue weighted by molar-refractivity contribution is 5.45. The third-order valence-electron chi connectivity index (χ3n) is 5.29. The Balaban J connectivity index is 1.58. The van der Waals surface area contributed by atoms with E-state index < -0.39 is 0 Å². The van der Waals surface area contributed by atoms with E-state index in [4.69, 9.17) is 14.2 Å². The van der Waals surface area contributed by atoms with Crippen LogP contribution in [0.1, 0.15) is 48.3 Å². The zero-order valence-electron chi connectivity index (χ0n) is 14.9. The monoisotopic (exact) mass is 338 g/mol. The van der Waals surface area contributed by atoms with Crippen molar-refractivity contribution in [2.24, 2.45) is 0 Å². The maximum atomic E-state index is 6.38. The van der Waals surface area contributed by atoms with Gasteiger partial charge in [-0.25, -0.2) is 0 Å². The Bertz CT molecular complexity index is 715. The van der Waals surface area contributed by atoms with Gasteiger partial charge in [0.2, 0.25) is 0 Å². The van der Waals surface area contributed by atoms with E-state index in [2.05, 4.69) is 24.3 Å². The van der Waals surface area contributed by atoms with Crippen LogP contribution in [0.5, 0.6) is 11.5 Å². The van der Waals surface area contributed by atoms with E-state index in [1.807, 2.05) is 18.2 Å². The van der Waals surface area contributed by atoms with E-state index in [0.717, 1.165) is 30.1 Å². The van der Waals surface area contributed by atoms with E-state index in [1.165, 1.54) is 36.8 Å². The predicted octanol–water partition coefficient (Wildman–Crippen LogP) is 4.87. The molecule has 1 atom stereocenters. The average molecular weight is 338 g/mol. The second-order valence-electron chi connectivity index (χ2n) is 7.12. The Labute approximate surface area is 149 Å². The topological polar surface area (TPSA) is 31.0 Å². The van der Waals surface area contributed by atoms with Gasteiger partial charge in [-0.05, 0) is 47.6 Å². The number of ether oxygens (including phenoxy) is 3. The first kappa shape index (κ1) is 16.5. The molecular weight excluding hydrogens is 312 g/mol. The van der Waals surface area contributed by atoms with Gasteiger partial charge in [0.25, 0.3) is 0 Å². The zero-order valence-corrected chi connectivity index (χ0v) is 14.9. The fraction of sp³-hybridized carbons (Fsp3) is 0.455. The normalized spacial score (nSPS) is 19.8. The molecule has 2 aliphatic rings. The Hall–Kier alpha value is -2.00. The molecule has 1 heterocycles. The van der Waals surface area contributed by atoms with Crippen molar-refractivity contribution < 1.29 is 14.2 Å². The van der Waals surface area contributed by atoms with Crippen molar-refractivity contribution in [3.05, 3.63) is 59.2 Å². The number of hydrogen-bond donors (Lipinski definition) is 0. The number of epoxide rings is 1. The molecule has 2 fully saturated rings. The fourth-order valence-electron chi connectivity index (χ4n) is 3.85. The smallest absolute Gasteiger partial charge is 0.126 e. The number of methoxy groups -OCH3 is 1. The molecule has 0 N–H and O–H groups in total. The summed E-state index contributed by atoms with van der Waals surface area (Å²) in [5.74, 6) is 2.60. The number of hydrogen-bond acceptors (Lipinski definition) is 3. The standard InChI is InChI=1S/C22H26O3/c1-23-19-10-4-6-16(12-19)14-25-22-18(13-20-15-24-20)9-5-11-21(22)17-7-2-3-8-17/h4-6,9-12,17,20H,2-3,7-8,13-15H2,1H3. The van der Waals surface area contributed by atoms with Crippen LogP contribution in [0.25, 0.3) is 0 Å². The third kappa shape index (κ3) is 3.98. The van der Waals surface area contributed by atoms with Crippen LogP contribution in [0.2, 0.25) is 0 Å². The maximum absolute atomic E-state index is 6.38. The van der Waals surface area contributed by atoms with Crippen LogP contribution in [0.3, 0.4) is 0 Å². The van der Waals surface area contributed by atoms with E-state index in [-0.39, 0.29) is 0 Å². The molecule has 1 saturated carbocycles. The van der Waals surface area contributed by atoms with E-state index >= 15 is 0 Å². The van der Waals surface area contributed by atoms with Crippen LogP contribution >= 0.6 is 0 Å². The largest absolute Gasteiger partial charge is 0.497 e. The lowest BCUT2D eigenvalue weighted by Gasteiger charge is -2.19. The summed E-state index contributed by atoms with van der Waals surface area (Å²) in [4.78, 5) is 0. The van der Waals surface area contributed by atoms with Crippen LogP contribution in [-0.4, -0.2) is 19.8 Å². The Morgan fingerprint density at radius 1 is 1.08 bits per heavy atom. The Kier molecular flexibility index (Phi) is 4.93. The van der Waals surface area contributed by atoms with Gasteiger partial charge in [0, 0.05) is 6.42 Å².